The molecule has 0 aliphatic carbocycles. The van der Waals surface area contributed by atoms with Gasteiger partial charge in [0.1, 0.15) is 4.21 Å². The minimum Gasteiger partial charge on any atom is -0.326 e. The molecule has 30 heavy (non-hydrogen) atoms. The minimum atomic E-state index is -3.85. The van der Waals surface area contributed by atoms with Gasteiger partial charge < -0.3 is 5.73 Å². The van der Waals surface area contributed by atoms with E-state index in [4.69, 9.17) is 5.73 Å². The molecule has 1 fully saturated rings. The third-order valence-electron chi connectivity index (χ3n) is 5.21. The van der Waals surface area contributed by atoms with Gasteiger partial charge in [0.25, 0.3) is 0 Å². The van der Waals surface area contributed by atoms with Crippen molar-refractivity contribution in [2.24, 2.45) is 5.73 Å². The summed E-state index contributed by atoms with van der Waals surface area (Å²) in [5.74, 6) is 0. The van der Waals surface area contributed by atoms with Gasteiger partial charge in [-0.15, -0.1) is 11.3 Å². The largest absolute Gasteiger partial charge is 0.326 e. The summed E-state index contributed by atoms with van der Waals surface area (Å²) in [5, 5.41) is 0. The molecule has 1 saturated heterocycles. The summed E-state index contributed by atoms with van der Waals surface area (Å²) in [6.07, 6.45) is 1.49. The van der Waals surface area contributed by atoms with Crippen LogP contribution >= 0.6 is 11.3 Å². The van der Waals surface area contributed by atoms with E-state index in [-0.39, 0.29) is 26.6 Å². The van der Waals surface area contributed by atoms with Crippen molar-refractivity contribution in [2.75, 3.05) is 6.54 Å². The summed E-state index contributed by atoms with van der Waals surface area (Å²) in [6.45, 7) is 0.661. The van der Waals surface area contributed by atoms with Gasteiger partial charge in [0.2, 0.25) is 19.9 Å². The third kappa shape index (κ3) is 3.83. The molecule has 0 spiro atoms. The lowest BCUT2D eigenvalue weighted by Gasteiger charge is -2.24. The van der Waals surface area contributed by atoms with Crippen molar-refractivity contribution < 1.29 is 16.8 Å². The number of benzene rings is 2. The molecule has 6 nitrogen and oxygen atoms in total. The SMILES string of the molecule is NCc1ccc(S(=O)(=O)c2cccc(S(=O)(=O)N3CCCC3c3ccccc3)c2)s1. The Balaban J connectivity index is 1.71. The van der Waals surface area contributed by atoms with Gasteiger partial charge in [0, 0.05) is 18.0 Å². The Morgan fingerprint density at radius 1 is 0.933 bits per heavy atom. The zero-order valence-electron chi connectivity index (χ0n) is 16.1. The van der Waals surface area contributed by atoms with Crippen LogP contribution in [0, 0.1) is 0 Å². The van der Waals surface area contributed by atoms with E-state index in [1.807, 2.05) is 30.3 Å². The number of nitrogens with two attached hydrogens (primary N) is 1. The second kappa shape index (κ2) is 8.24. The first-order valence-electron chi connectivity index (χ1n) is 9.55. The second-order valence-electron chi connectivity index (χ2n) is 7.09. The highest BCUT2D eigenvalue weighted by molar-refractivity contribution is 7.93. The Labute approximate surface area is 180 Å². The lowest BCUT2D eigenvalue weighted by molar-refractivity contribution is 0.396. The average molecular weight is 463 g/mol. The minimum absolute atomic E-state index is 0.0120. The van der Waals surface area contributed by atoms with Crippen LogP contribution < -0.4 is 5.73 Å². The Morgan fingerprint density at radius 3 is 2.37 bits per heavy atom. The number of hydrogen-bond donors (Lipinski definition) is 1. The van der Waals surface area contributed by atoms with Gasteiger partial charge in [-0.1, -0.05) is 36.4 Å². The standard InChI is InChI=1S/C21H22N2O4S3/c22-15-17-11-12-21(28-17)29(24,25)18-8-4-9-19(14-18)30(26,27)23-13-5-10-20(23)16-6-2-1-3-7-16/h1-4,6-9,11-12,14,20H,5,10,13,15,22H2. The van der Waals surface area contributed by atoms with E-state index in [9.17, 15) is 16.8 Å². The van der Waals surface area contributed by atoms with Gasteiger partial charge >= 0.3 is 0 Å². The summed E-state index contributed by atoms with van der Waals surface area (Å²) in [4.78, 5) is 0.701. The van der Waals surface area contributed by atoms with Crippen LogP contribution in [0.1, 0.15) is 29.3 Å². The fraction of sp³-hybridized carbons (Fsp3) is 0.238. The van der Waals surface area contributed by atoms with Crippen LogP contribution in [0.2, 0.25) is 0 Å². The molecule has 3 aromatic rings. The van der Waals surface area contributed by atoms with Crippen LogP contribution in [0.4, 0.5) is 0 Å². The van der Waals surface area contributed by atoms with Crippen molar-refractivity contribution in [3.8, 4) is 0 Å². The van der Waals surface area contributed by atoms with E-state index in [1.165, 1.54) is 34.6 Å². The summed E-state index contributed by atoms with van der Waals surface area (Å²) >= 11 is 1.10. The second-order valence-corrected chi connectivity index (χ2v) is 12.3. The molecule has 2 heterocycles. The number of thiophene rings is 1. The monoisotopic (exact) mass is 462 g/mol. The van der Waals surface area contributed by atoms with Gasteiger partial charge in [-0.05, 0) is 48.7 Å². The quantitative estimate of drug-likeness (QED) is 0.604. The van der Waals surface area contributed by atoms with Crippen LogP contribution in [0.15, 0.2) is 80.7 Å². The molecule has 1 atom stereocenters. The van der Waals surface area contributed by atoms with E-state index in [1.54, 1.807) is 6.07 Å². The molecular weight excluding hydrogens is 440 g/mol. The lowest BCUT2D eigenvalue weighted by Crippen LogP contribution is -2.30. The number of hydrogen-bond acceptors (Lipinski definition) is 6. The maximum Gasteiger partial charge on any atom is 0.243 e. The Kier molecular flexibility index (Phi) is 5.82. The van der Waals surface area contributed by atoms with Gasteiger partial charge in [-0.2, -0.15) is 4.31 Å². The van der Waals surface area contributed by atoms with Gasteiger partial charge in [0.05, 0.1) is 15.8 Å². The average Bonchev–Trinajstić information content (AvgIpc) is 3.45. The van der Waals surface area contributed by atoms with Crippen LogP contribution in [-0.2, 0) is 26.4 Å². The molecule has 1 unspecified atom stereocenters. The molecule has 1 aliphatic rings. The van der Waals surface area contributed by atoms with E-state index in [2.05, 4.69) is 0 Å². The highest BCUT2D eigenvalue weighted by Gasteiger charge is 2.36. The zero-order valence-corrected chi connectivity index (χ0v) is 18.6. The number of rotatable bonds is 6. The van der Waals surface area contributed by atoms with E-state index >= 15 is 0 Å². The summed E-state index contributed by atoms with van der Waals surface area (Å²) in [6, 6.07) is 18.1. The normalized spacial score (nSPS) is 18.0. The number of sulfonamides is 1. The van der Waals surface area contributed by atoms with Gasteiger partial charge in [0.15, 0.2) is 0 Å². The Morgan fingerprint density at radius 2 is 1.67 bits per heavy atom. The van der Waals surface area contributed by atoms with Crippen LogP contribution in [0.3, 0.4) is 0 Å². The fourth-order valence-electron chi connectivity index (χ4n) is 3.70. The molecule has 9 heteroatoms. The molecule has 2 N–H and O–H groups in total. The van der Waals surface area contributed by atoms with Crippen LogP contribution in [0.5, 0.6) is 0 Å². The first-order chi connectivity index (χ1) is 14.3. The van der Waals surface area contributed by atoms with E-state index in [0.29, 0.717) is 6.54 Å². The maximum atomic E-state index is 13.4. The Hall–Kier alpha value is -2.04. The molecule has 0 amide bonds. The predicted octanol–water partition coefficient (Wildman–Crippen LogP) is 3.57. The van der Waals surface area contributed by atoms with Crippen LogP contribution in [0.25, 0.3) is 0 Å². The molecule has 1 aromatic heterocycles. The first kappa shape index (κ1) is 21.2. The third-order valence-corrected chi connectivity index (χ3v) is 10.5. The van der Waals surface area contributed by atoms with Crippen molar-refractivity contribution in [3.63, 3.8) is 0 Å². The molecule has 0 saturated carbocycles. The highest BCUT2D eigenvalue weighted by atomic mass is 32.2. The molecule has 0 bridgehead atoms. The Bertz CT molecular complexity index is 1250. The summed E-state index contributed by atoms with van der Waals surface area (Å²) in [7, 11) is -7.67. The van der Waals surface area contributed by atoms with E-state index < -0.39 is 19.9 Å². The maximum absolute atomic E-state index is 13.4. The predicted molar refractivity (Wildman–Crippen MR) is 116 cm³/mol. The fourth-order valence-corrected chi connectivity index (χ4v) is 8.19. The molecule has 1 aliphatic heterocycles. The molecule has 2 aromatic carbocycles. The molecule has 158 valence electrons. The van der Waals surface area contributed by atoms with E-state index in [0.717, 1.165) is 34.6 Å². The van der Waals surface area contributed by atoms with Gasteiger partial charge in [-0.25, -0.2) is 16.8 Å². The molecular formula is C21H22N2O4S3. The van der Waals surface area contributed by atoms with Gasteiger partial charge in [-0.3, -0.25) is 0 Å². The van der Waals surface area contributed by atoms with Crippen molar-refractivity contribution in [1.82, 2.24) is 4.31 Å². The molecule has 0 radical (unpaired) electrons. The smallest absolute Gasteiger partial charge is 0.243 e. The lowest BCUT2D eigenvalue weighted by atomic mass is 10.1. The highest BCUT2D eigenvalue weighted by Crippen LogP contribution is 2.37. The summed E-state index contributed by atoms with van der Waals surface area (Å²) in [5.41, 5.74) is 6.53. The van der Waals surface area contributed by atoms with Crippen molar-refractivity contribution in [1.29, 1.82) is 0 Å². The van der Waals surface area contributed by atoms with Crippen molar-refractivity contribution in [3.05, 3.63) is 77.2 Å². The zero-order chi connectivity index (χ0) is 21.4. The van der Waals surface area contributed by atoms with Crippen LogP contribution in [-0.4, -0.2) is 27.7 Å². The number of sulfone groups is 1. The summed E-state index contributed by atoms with van der Waals surface area (Å²) < 4.78 is 54.5. The number of nitrogens with zero attached hydrogens (tertiary/aromatic N) is 1. The molecule has 4 rings (SSSR count). The topological polar surface area (TPSA) is 97.5 Å². The van der Waals surface area contributed by atoms with Crippen molar-refractivity contribution >= 4 is 31.2 Å². The first-order valence-corrected chi connectivity index (χ1v) is 13.3. The van der Waals surface area contributed by atoms with Crippen molar-refractivity contribution in [2.45, 2.75) is 39.4 Å².